The molecular weight excluding hydrogens is 379 g/mol. The quantitative estimate of drug-likeness (QED) is 0.703. The number of hydrogen-bond donors (Lipinski definition) is 1. The Hall–Kier alpha value is -1.59. The van der Waals surface area contributed by atoms with E-state index in [-0.39, 0.29) is 27.4 Å². The highest BCUT2D eigenvalue weighted by molar-refractivity contribution is 6.45. The molecule has 1 aromatic rings. The molecule has 1 unspecified atom stereocenters. The maximum atomic E-state index is 13.3. The Bertz CT molecular complexity index is 785. The van der Waals surface area contributed by atoms with Crippen LogP contribution in [0.1, 0.15) is 54.9 Å². The summed E-state index contributed by atoms with van der Waals surface area (Å²) < 4.78 is 5.22. The van der Waals surface area contributed by atoms with Gasteiger partial charge in [-0.2, -0.15) is 0 Å². The van der Waals surface area contributed by atoms with Crippen LogP contribution in [-0.2, 0) is 16.0 Å². The fourth-order valence-electron chi connectivity index (χ4n) is 3.75. The van der Waals surface area contributed by atoms with Crippen LogP contribution in [0.2, 0.25) is 10.0 Å². The number of ether oxygens (including phenoxy) is 1. The van der Waals surface area contributed by atoms with E-state index in [4.69, 9.17) is 33.0 Å². The van der Waals surface area contributed by atoms with Crippen LogP contribution < -0.4 is 4.74 Å². The number of carbonyl (C=O) groups is 3. The molecule has 2 aliphatic rings. The normalized spacial score (nSPS) is 21.6. The zero-order valence-electron chi connectivity index (χ0n) is 14.4. The predicted molar refractivity (Wildman–Crippen MR) is 97.3 cm³/mol. The van der Waals surface area contributed by atoms with Crippen LogP contribution in [-0.4, -0.2) is 29.2 Å². The standard InChI is InChI=1S/C19H20Cl2O5/c1-10(22)4-5-19(7-11-2-3-11)8-12-6-13(26-9-14(23)24)16(20)17(21)15(12)18(19)25/h6,11H,2-5,7-9H2,1H3,(H,23,24). The first-order valence-electron chi connectivity index (χ1n) is 8.63. The van der Waals surface area contributed by atoms with Crippen LogP contribution in [0.3, 0.4) is 0 Å². The van der Waals surface area contributed by atoms with Gasteiger partial charge in [0.2, 0.25) is 0 Å². The van der Waals surface area contributed by atoms with Gasteiger partial charge >= 0.3 is 5.97 Å². The molecule has 1 aromatic carbocycles. The van der Waals surface area contributed by atoms with Gasteiger partial charge in [-0.25, -0.2) is 4.79 Å². The van der Waals surface area contributed by atoms with Crippen molar-refractivity contribution in [3.63, 3.8) is 0 Å². The summed E-state index contributed by atoms with van der Waals surface area (Å²) in [5.74, 6) is -0.453. The first-order valence-corrected chi connectivity index (χ1v) is 9.39. The largest absolute Gasteiger partial charge is 0.480 e. The summed E-state index contributed by atoms with van der Waals surface area (Å²) in [5, 5.41) is 8.95. The summed E-state index contributed by atoms with van der Waals surface area (Å²) in [6.07, 6.45) is 4.27. The average Bonchev–Trinajstić information content (AvgIpc) is 3.33. The van der Waals surface area contributed by atoms with Crippen molar-refractivity contribution >= 4 is 40.7 Å². The first kappa shape index (κ1) is 19.2. The summed E-state index contributed by atoms with van der Waals surface area (Å²) in [6.45, 7) is 0.986. The van der Waals surface area contributed by atoms with Gasteiger partial charge < -0.3 is 14.6 Å². The van der Waals surface area contributed by atoms with Gasteiger partial charge in [0.1, 0.15) is 16.6 Å². The molecule has 5 nitrogen and oxygen atoms in total. The second-order valence-corrected chi connectivity index (χ2v) is 8.11. The maximum Gasteiger partial charge on any atom is 0.341 e. The van der Waals surface area contributed by atoms with E-state index in [2.05, 4.69) is 0 Å². The minimum Gasteiger partial charge on any atom is -0.480 e. The highest BCUT2D eigenvalue weighted by Crippen LogP contribution is 2.53. The third-order valence-corrected chi connectivity index (χ3v) is 6.03. The molecule has 0 bridgehead atoms. The van der Waals surface area contributed by atoms with E-state index in [9.17, 15) is 14.4 Å². The number of carboxylic acids is 1. The Morgan fingerprint density at radius 1 is 1.31 bits per heavy atom. The molecule has 1 saturated carbocycles. The molecule has 0 heterocycles. The van der Waals surface area contributed by atoms with E-state index >= 15 is 0 Å². The Kier molecular flexibility index (Phi) is 5.31. The number of halogens is 2. The van der Waals surface area contributed by atoms with Crippen LogP contribution >= 0.6 is 23.2 Å². The molecule has 140 valence electrons. The number of carbonyl (C=O) groups excluding carboxylic acids is 2. The number of rotatable bonds is 8. The first-order chi connectivity index (χ1) is 12.2. The van der Waals surface area contributed by atoms with E-state index in [1.165, 1.54) is 6.92 Å². The fourth-order valence-corrected chi connectivity index (χ4v) is 4.25. The Labute approximate surface area is 161 Å². The van der Waals surface area contributed by atoms with Crippen molar-refractivity contribution < 1.29 is 24.2 Å². The van der Waals surface area contributed by atoms with Crippen LogP contribution in [0.25, 0.3) is 0 Å². The maximum absolute atomic E-state index is 13.3. The summed E-state index contributed by atoms with van der Waals surface area (Å²) in [5.41, 5.74) is 0.477. The Morgan fingerprint density at radius 2 is 2.00 bits per heavy atom. The summed E-state index contributed by atoms with van der Waals surface area (Å²) >= 11 is 12.6. The van der Waals surface area contributed by atoms with Gasteiger partial charge in [-0.1, -0.05) is 36.0 Å². The lowest BCUT2D eigenvalue weighted by molar-refractivity contribution is -0.139. The van der Waals surface area contributed by atoms with Gasteiger partial charge in [0, 0.05) is 17.4 Å². The van der Waals surface area contributed by atoms with E-state index in [1.807, 2.05) is 0 Å². The third kappa shape index (κ3) is 3.74. The van der Waals surface area contributed by atoms with Crippen molar-refractivity contribution in [3.05, 3.63) is 27.2 Å². The molecule has 2 aliphatic carbocycles. The Morgan fingerprint density at radius 3 is 2.58 bits per heavy atom. The van der Waals surface area contributed by atoms with Crippen LogP contribution in [0.15, 0.2) is 6.07 Å². The van der Waals surface area contributed by atoms with Gasteiger partial charge in [0.15, 0.2) is 12.4 Å². The van der Waals surface area contributed by atoms with Crippen LogP contribution in [0.4, 0.5) is 0 Å². The minimum atomic E-state index is -1.13. The molecule has 1 fully saturated rings. The van der Waals surface area contributed by atoms with E-state index in [1.54, 1.807) is 6.07 Å². The highest BCUT2D eigenvalue weighted by Gasteiger charge is 2.49. The molecule has 1 atom stereocenters. The Balaban J connectivity index is 1.95. The van der Waals surface area contributed by atoms with Crippen molar-refractivity contribution in [1.29, 1.82) is 0 Å². The molecule has 26 heavy (non-hydrogen) atoms. The van der Waals surface area contributed by atoms with Crippen LogP contribution in [0, 0.1) is 11.3 Å². The highest BCUT2D eigenvalue weighted by atomic mass is 35.5. The molecule has 0 saturated heterocycles. The minimum absolute atomic E-state index is 0.0498. The van der Waals surface area contributed by atoms with Crippen molar-refractivity contribution in [2.45, 2.75) is 45.4 Å². The molecule has 0 aliphatic heterocycles. The molecule has 1 N–H and O–H groups in total. The number of aliphatic carboxylic acids is 1. The van der Waals surface area contributed by atoms with Gasteiger partial charge in [0.25, 0.3) is 0 Å². The molecule has 0 amide bonds. The summed E-state index contributed by atoms with van der Waals surface area (Å²) in [4.78, 5) is 35.5. The molecule has 0 aromatic heterocycles. The smallest absolute Gasteiger partial charge is 0.341 e. The second kappa shape index (κ2) is 7.20. The third-order valence-electron chi connectivity index (χ3n) is 5.18. The average molecular weight is 399 g/mol. The number of carboxylic acid groups (broad SMARTS) is 1. The molecule has 7 heteroatoms. The summed E-state index contributed by atoms with van der Waals surface area (Å²) in [7, 11) is 0. The monoisotopic (exact) mass is 398 g/mol. The van der Waals surface area contributed by atoms with Crippen molar-refractivity contribution in [2.75, 3.05) is 6.61 Å². The van der Waals surface area contributed by atoms with Gasteiger partial charge in [0.05, 0.1) is 5.02 Å². The zero-order valence-corrected chi connectivity index (χ0v) is 16.0. The topological polar surface area (TPSA) is 80.7 Å². The zero-order chi connectivity index (χ0) is 19.1. The SMILES string of the molecule is CC(=O)CCC1(CC2CC2)Cc2cc(OCC(=O)O)c(Cl)c(Cl)c2C1=O. The number of benzene rings is 1. The van der Waals surface area contributed by atoms with Crippen molar-refractivity contribution in [3.8, 4) is 5.75 Å². The van der Waals surface area contributed by atoms with E-state index in [0.29, 0.717) is 36.3 Å². The predicted octanol–water partition coefficient (Wildman–Crippen LogP) is 4.35. The fraction of sp³-hybridized carbons (Fsp3) is 0.526. The van der Waals surface area contributed by atoms with Gasteiger partial charge in [-0.3, -0.25) is 4.79 Å². The number of fused-ring (bicyclic) bond motifs is 1. The number of ketones is 2. The molecule has 3 rings (SSSR count). The van der Waals surface area contributed by atoms with Gasteiger partial charge in [-0.05, 0) is 43.7 Å². The van der Waals surface area contributed by atoms with E-state index < -0.39 is 18.0 Å². The van der Waals surface area contributed by atoms with Crippen LogP contribution in [0.5, 0.6) is 5.75 Å². The second-order valence-electron chi connectivity index (χ2n) is 7.35. The molecule has 0 radical (unpaired) electrons. The lowest BCUT2D eigenvalue weighted by Gasteiger charge is -2.27. The lowest BCUT2D eigenvalue weighted by Crippen LogP contribution is -2.29. The lowest BCUT2D eigenvalue weighted by atomic mass is 9.74. The van der Waals surface area contributed by atoms with E-state index in [0.717, 1.165) is 19.3 Å². The summed E-state index contributed by atoms with van der Waals surface area (Å²) in [6, 6.07) is 1.62. The molecular formula is C19H20Cl2O5. The molecule has 0 spiro atoms. The van der Waals surface area contributed by atoms with Gasteiger partial charge in [-0.15, -0.1) is 0 Å². The number of hydrogen-bond acceptors (Lipinski definition) is 4. The van der Waals surface area contributed by atoms with Crippen molar-refractivity contribution in [2.24, 2.45) is 11.3 Å². The number of Topliss-reactive ketones (excluding diaryl/α,β-unsaturated/α-hetero) is 2. The van der Waals surface area contributed by atoms with Crippen molar-refractivity contribution in [1.82, 2.24) is 0 Å².